The topological polar surface area (TPSA) is 77.0 Å². The predicted octanol–water partition coefficient (Wildman–Crippen LogP) is 2.02. The van der Waals surface area contributed by atoms with E-state index in [1.165, 1.54) is 0 Å². The number of aliphatic hydroxyl groups excluding tert-OH is 1. The highest BCUT2D eigenvalue weighted by Gasteiger charge is 2.10. The number of amides is 1. The van der Waals surface area contributed by atoms with Crippen LogP contribution in [-0.4, -0.2) is 43.5 Å². The molecular formula is C19H23NO5. The lowest BCUT2D eigenvalue weighted by molar-refractivity contribution is -0.123. The molecular weight excluding hydrogens is 322 g/mol. The molecule has 2 N–H and O–H groups in total. The Labute approximate surface area is 147 Å². The lowest BCUT2D eigenvalue weighted by Gasteiger charge is -2.14. The second-order valence-electron chi connectivity index (χ2n) is 5.25. The zero-order chi connectivity index (χ0) is 17.9. The summed E-state index contributed by atoms with van der Waals surface area (Å²) in [5.74, 6) is 1.44. The number of rotatable bonds is 10. The van der Waals surface area contributed by atoms with Crippen molar-refractivity contribution in [3.8, 4) is 17.2 Å². The van der Waals surface area contributed by atoms with Crippen molar-refractivity contribution in [2.45, 2.75) is 13.0 Å². The van der Waals surface area contributed by atoms with Crippen molar-refractivity contribution in [3.63, 3.8) is 0 Å². The van der Waals surface area contributed by atoms with Gasteiger partial charge >= 0.3 is 0 Å². The Hall–Kier alpha value is -2.73. The first-order valence-corrected chi connectivity index (χ1v) is 8.16. The van der Waals surface area contributed by atoms with Crippen LogP contribution in [0.3, 0.4) is 0 Å². The second kappa shape index (κ2) is 10.2. The number of aliphatic hydroxyl groups is 1. The van der Waals surface area contributed by atoms with Gasteiger partial charge in [-0.1, -0.05) is 30.3 Å². The van der Waals surface area contributed by atoms with Crippen LogP contribution in [0, 0.1) is 0 Å². The van der Waals surface area contributed by atoms with Crippen molar-refractivity contribution < 1.29 is 24.1 Å². The average Bonchev–Trinajstić information content (AvgIpc) is 2.65. The Balaban J connectivity index is 1.68. The standard InChI is InChI=1S/C19H23NO5/c1-2-23-17-10-6-7-11-18(17)25-14-19(22)20-12-15(21)13-24-16-8-4-3-5-9-16/h3-11,15,21H,2,12-14H2,1H3,(H,20,22). The van der Waals surface area contributed by atoms with Gasteiger partial charge in [0.2, 0.25) is 0 Å². The molecule has 25 heavy (non-hydrogen) atoms. The Morgan fingerprint density at radius 1 is 1.00 bits per heavy atom. The van der Waals surface area contributed by atoms with E-state index in [1.807, 2.05) is 31.2 Å². The fraction of sp³-hybridized carbons (Fsp3) is 0.316. The molecule has 0 aliphatic rings. The van der Waals surface area contributed by atoms with E-state index in [-0.39, 0.29) is 25.7 Å². The number of nitrogens with one attached hydrogen (secondary N) is 1. The van der Waals surface area contributed by atoms with Gasteiger partial charge in [0.1, 0.15) is 18.5 Å². The molecule has 2 aromatic rings. The first kappa shape index (κ1) is 18.6. The summed E-state index contributed by atoms with van der Waals surface area (Å²) in [5.41, 5.74) is 0. The van der Waals surface area contributed by atoms with E-state index in [1.54, 1.807) is 30.3 Å². The molecule has 134 valence electrons. The minimum absolute atomic E-state index is 0.0855. The molecule has 6 heteroatoms. The van der Waals surface area contributed by atoms with Crippen molar-refractivity contribution in [1.29, 1.82) is 0 Å². The largest absolute Gasteiger partial charge is 0.491 e. The molecule has 0 aliphatic carbocycles. The maximum atomic E-state index is 11.8. The van der Waals surface area contributed by atoms with Crippen LogP contribution in [0.1, 0.15) is 6.92 Å². The van der Waals surface area contributed by atoms with E-state index in [2.05, 4.69) is 5.32 Å². The number of carbonyl (C=O) groups is 1. The summed E-state index contributed by atoms with van der Waals surface area (Å²) in [7, 11) is 0. The van der Waals surface area contributed by atoms with Crippen LogP contribution < -0.4 is 19.5 Å². The maximum Gasteiger partial charge on any atom is 0.258 e. The smallest absolute Gasteiger partial charge is 0.258 e. The second-order valence-corrected chi connectivity index (χ2v) is 5.25. The monoisotopic (exact) mass is 345 g/mol. The molecule has 1 unspecified atom stereocenters. The summed E-state index contributed by atoms with van der Waals surface area (Å²) in [5, 5.41) is 12.5. The summed E-state index contributed by atoms with van der Waals surface area (Å²) in [6.07, 6.45) is -0.806. The fourth-order valence-electron chi connectivity index (χ4n) is 2.04. The molecule has 0 saturated carbocycles. The highest BCUT2D eigenvalue weighted by molar-refractivity contribution is 5.77. The molecule has 6 nitrogen and oxygen atoms in total. The molecule has 2 aromatic carbocycles. The minimum atomic E-state index is -0.806. The molecule has 0 heterocycles. The van der Waals surface area contributed by atoms with Crippen molar-refractivity contribution in [1.82, 2.24) is 5.32 Å². The van der Waals surface area contributed by atoms with E-state index in [9.17, 15) is 9.90 Å². The van der Waals surface area contributed by atoms with E-state index in [0.29, 0.717) is 23.9 Å². The van der Waals surface area contributed by atoms with Crippen molar-refractivity contribution in [2.24, 2.45) is 0 Å². The van der Waals surface area contributed by atoms with Gasteiger partial charge in [0.25, 0.3) is 5.91 Å². The zero-order valence-electron chi connectivity index (χ0n) is 14.2. The zero-order valence-corrected chi connectivity index (χ0v) is 14.2. The number of benzene rings is 2. The summed E-state index contributed by atoms with van der Waals surface area (Å²) >= 11 is 0. The first-order chi connectivity index (χ1) is 12.2. The molecule has 0 radical (unpaired) electrons. The number of hydrogen-bond donors (Lipinski definition) is 2. The lowest BCUT2D eigenvalue weighted by atomic mass is 10.3. The molecule has 0 aliphatic heterocycles. The third kappa shape index (κ3) is 6.73. The number of para-hydroxylation sites is 3. The van der Waals surface area contributed by atoms with Crippen LogP contribution in [0.25, 0.3) is 0 Å². The first-order valence-electron chi connectivity index (χ1n) is 8.16. The number of carbonyl (C=O) groups excluding carboxylic acids is 1. The van der Waals surface area contributed by atoms with E-state index in [0.717, 1.165) is 0 Å². The van der Waals surface area contributed by atoms with Crippen LogP contribution in [0.2, 0.25) is 0 Å². The molecule has 0 spiro atoms. The summed E-state index contributed by atoms with van der Waals surface area (Å²) in [4.78, 5) is 11.8. The van der Waals surface area contributed by atoms with Crippen LogP contribution in [0.5, 0.6) is 17.2 Å². The Kier molecular flexibility index (Phi) is 7.59. The molecule has 0 saturated heterocycles. The Morgan fingerprint density at radius 3 is 2.32 bits per heavy atom. The van der Waals surface area contributed by atoms with Gasteiger partial charge in [-0.3, -0.25) is 4.79 Å². The highest BCUT2D eigenvalue weighted by Crippen LogP contribution is 2.26. The van der Waals surface area contributed by atoms with Gasteiger partial charge in [0.15, 0.2) is 18.1 Å². The van der Waals surface area contributed by atoms with Gasteiger partial charge in [-0.2, -0.15) is 0 Å². The Morgan fingerprint density at radius 2 is 1.64 bits per heavy atom. The van der Waals surface area contributed by atoms with Gasteiger partial charge in [0.05, 0.1) is 6.61 Å². The number of ether oxygens (including phenoxy) is 3. The molecule has 0 aromatic heterocycles. The van der Waals surface area contributed by atoms with Crippen molar-refractivity contribution >= 4 is 5.91 Å². The summed E-state index contributed by atoms with van der Waals surface area (Å²) < 4.78 is 16.3. The molecule has 2 rings (SSSR count). The highest BCUT2D eigenvalue weighted by atomic mass is 16.5. The third-order valence-corrected chi connectivity index (χ3v) is 3.23. The quantitative estimate of drug-likeness (QED) is 0.689. The number of hydrogen-bond acceptors (Lipinski definition) is 5. The molecule has 1 atom stereocenters. The van der Waals surface area contributed by atoms with E-state index in [4.69, 9.17) is 14.2 Å². The SMILES string of the molecule is CCOc1ccccc1OCC(=O)NCC(O)COc1ccccc1. The molecule has 0 fully saturated rings. The van der Waals surface area contributed by atoms with Crippen molar-refractivity contribution in [2.75, 3.05) is 26.4 Å². The summed E-state index contributed by atoms with van der Waals surface area (Å²) in [6, 6.07) is 16.3. The van der Waals surface area contributed by atoms with Gasteiger partial charge in [-0.05, 0) is 31.2 Å². The summed E-state index contributed by atoms with van der Waals surface area (Å²) in [6.45, 7) is 2.42. The molecule has 0 bridgehead atoms. The van der Waals surface area contributed by atoms with Crippen LogP contribution in [-0.2, 0) is 4.79 Å². The van der Waals surface area contributed by atoms with Gasteiger partial charge < -0.3 is 24.6 Å². The van der Waals surface area contributed by atoms with Crippen LogP contribution in [0.4, 0.5) is 0 Å². The van der Waals surface area contributed by atoms with Gasteiger partial charge in [-0.25, -0.2) is 0 Å². The maximum absolute atomic E-state index is 11.8. The Bertz CT molecular complexity index is 647. The third-order valence-electron chi connectivity index (χ3n) is 3.23. The van der Waals surface area contributed by atoms with Crippen molar-refractivity contribution in [3.05, 3.63) is 54.6 Å². The molecule has 1 amide bonds. The van der Waals surface area contributed by atoms with E-state index >= 15 is 0 Å². The van der Waals surface area contributed by atoms with Gasteiger partial charge in [-0.15, -0.1) is 0 Å². The fourth-order valence-corrected chi connectivity index (χ4v) is 2.04. The van der Waals surface area contributed by atoms with Crippen LogP contribution in [0.15, 0.2) is 54.6 Å². The lowest BCUT2D eigenvalue weighted by Crippen LogP contribution is -2.37. The van der Waals surface area contributed by atoms with E-state index < -0.39 is 6.10 Å². The average molecular weight is 345 g/mol. The predicted molar refractivity (Wildman–Crippen MR) is 94.1 cm³/mol. The normalized spacial score (nSPS) is 11.4. The minimum Gasteiger partial charge on any atom is -0.491 e. The van der Waals surface area contributed by atoms with Crippen LogP contribution >= 0.6 is 0 Å². The van der Waals surface area contributed by atoms with Gasteiger partial charge in [0, 0.05) is 6.54 Å².